The molecule has 3 aromatic carbocycles. The minimum absolute atomic E-state index is 0.0169. The lowest BCUT2D eigenvalue weighted by atomic mass is 9.70. The first-order chi connectivity index (χ1) is 17.2. The molecule has 2 atom stereocenters. The van der Waals surface area contributed by atoms with Crippen LogP contribution in [0.2, 0.25) is 0 Å². The minimum Gasteiger partial charge on any atom is -0.504 e. The highest BCUT2D eigenvalue weighted by Gasteiger charge is 2.32. The molecule has 4 rings (SSSR count). The summed E-state index contributed by atoms with van der Waals surface area (Å²) in [5, 5.41) is 11.4. The van der Waals surface area contributed by atoms with Crippen LogP contribution in [0.5, 0.6) is 17.2 Å². The minimum atomic E-state index is 0.0169. The van der Waals surface area contributed by atoms with Gasteiger partial charge in [-0.1, -0.05) is 61.9 Å². The zero-order valence-electron chi connectivity index (χ0n) is 21.0. The number of rotatable bonds is 12. The first kappa shape index (κ1) is 25.1. The van der Waals surface area contributed by atoms with Gasteiger partial charge < -0.3 is 19.3 Å². The largest absolute Gasteiger partial charge is 0.504 e. The molecule has 1 N–H and O–H groups in total. The topological polar surface area (TPSA) is 47.9 Å². The van der Waals surface area contributed by atoms with E-state index in [0.717, 1.165) is 56.4 Å². The molecule has 0 aromatic heterocycles. The summed E-state index contributed by atoms with van der Waals surface area (Å²) in [6.07, 6.45) is 6.35. The van der Waals surface area contributed by atoms with E-state index in [4.69, 9.17) is 14.2 Å². The van der Waals surface area contributed by atoms with Crippen LogP contribution in [0, 0.1) is 0 Å². The average Bonchev–Trinajstić information content (AvgIpc) is 2.90. The van der Waals surface area contributed by atoms with E-state index >= 15 is 0 Å². The van der Waals surface area contributed by atoms with Gasteiger partial charge in [-0.15, -0.1) is 0 Å². The van der Waals surface area contributed by atoms with Gasteiger partial charge in [0, 0.05) is 31.1 Å². The SMILES string of the molecule is CCCCOCCCOc1cccc(C(c2ccc(OC)cc2)C2CCCc3ccccc32)c1O. The number of fused-ring (bicyclic) bond motifs is 1. The van der Waals surface area contributed by atoms with Gasteiger partial charge in [-0.05, 0) is 66.5 Å². The van der Waals surface area contributed by atoms with Crippen LogP contribution >= 0.6 is 0 Å². The molecule has 0 aliphatic heterocycles. The fraction of sp³-hybridized carbons (Fsp3) is 0.419. The van der Waals surface area contributed by atoms with E-state index in [1.807, 2.05) is 30.3 Å². The monoisotopic (exact) mass is 474 g/mol. The summed E-state index contributed by atoms with van der Waals surface area (Å²) in [5.74, 6) is 1.91. The van der Waals surface area contributed by atoms with Crippen molar-refractivity contribution in [3.8, 4) is 17.2 Å². The molecule has 0 heterocycles. The van der Waals surface area contributed by atoms with E-state index in [-0.39, 0.29) is 17.6 Å². The molecular formula is C31H38O4. The van der Waals surface area contributed by atoms with Crippen molar-refractivity contribution in [2.45, 2.75) is 57.3 Å². The van der Waals surface area contributed by atoms with E-state index in [1.165, 1.54) is 16.7 Å². The van der Waals surface area contributed by atoms with Gasteiger partial charge in [0.2, 0.25) is 0 Å². The van der Waals surface area contributed by atoms with Crippen molar-refractivity contribution in [1.29, 1.82) is 0 Å². The fourth-order valence-corrected chi connectivity index (χ4v) is 5.18. The third kappa shape index (κ3) is 6.18. The highest BCUT2D eigenvalue weighted by atomic mass is 16.5. The molecule has 1 aliphatic carbocycles. The van der Waals surface area contributed by atoms with Gasteiger partial charge in [0.25, 0.3) is 0 Å². The molecule has 0 saturated heterocycles. The Morgan fingerprint density at radius 2 is 1.71 bits per heavy atom. The number of hydrogen-bond donors (Lipinski definition) is 1. The van der Waals surface area contributed by atoms with E-state index in [2.05, 4.69) is 43.3 Å². The lowest BCUT2D eigenvalue weighted by molar-refractivity contribution is 0.116. The van der Waals surface area contributed by atoms with Crippen molar-refractivity contribution >= 4 is 0 Å². The van der Waals surface area contributed by atoms with Crippen LogP contribution in [0.3, 0.4) is 0 Å². The number of benzene rings is 3. The third-order valence-electron chi connectivity index (χ3n) is 6.99. The normalized spacial score (nSPS) is 15.9. The first-order valence-corrected chi connectivity index (χ1v) is 13.0. The Bertz CT molecular complexity index is 1060. The second-order valence-electron chi connectivity index (χ2n) is 9.31. The fourth-order valence-electron chi connectivity index (χ4n) is 5.18. The molecule has 4 heteroatoms. The highest BCUT2D eigenvalue weighted by Crippen LogP contribution is 2.49. The van der Waals surface area contributed by atoms with E-state index in [0.29, 0.717) is 19.0 Å². The summed E-state index contributed by atoms with van der Waals surface area (Å²) >= 11 is 0. The molecule has 0 fully saturated rings. The summed E-state index contributed by atoms with van der Waals surface area (Å²) < 4.78 is 17.1. The Morgan fingerprint density at radius 3 is 2.51 bits per heavy atom. The zero-order chi connectivity index (χ0) is 24.5. The van der Waals surface area contributed by atoms with Gasteiger partial charge in [-0.2, -0.15) is 0 Å². The van der Waals surface area contributed by atoms with Gasteiger partial charge >= 0.3 is 0 Å². The van der Waals surface area contributed by atoms with Crippen molar-refractivity contribution in [2.75, 3.05) is 26.9 Å². The van der Waals surface area contributed by atoms with Crippen LogP contribution in [0.1, 0.15) is 73.1 Å². The highest BCUT2D eigenvalue weighted by molar-refractivity contribution is 5.53. The number of ether oxygens (including phenoxy) is 3. The van der Waals surface area contributed by atoms with Crippen molar-refractivity contribution in [3.05, 3.63) is 89.0 Å². The molecule has 3 aromatic rings. The van der Waals surface area contributed by atoms with Crippen LogP contribution in [-0.4, -0.2) is 32.0 Å². The predicted octanol–water partition coefficient (Wildman–Crippen LogP) is 7.24. The summed E-state index contributed by atoms with van der Waals surface area (Å²) in [6.45, 7) is 4.15. The summed E-state index contributed by atoms with van der Waals surface area (Å²) in [7, 11) is 1.69. The second-order valence-corrected chi connectivity index (χ2v) is 9.31. The zero-order valence-corrected chi connectivity index (χ0v) is 21.0. The number of unbranched alkanes of at least 4 members (excludes halogenated alkanes) is 1. The average molecular weight is 475 g/mol. The maximum Gasteiger partial charge on any atom is 0.161 e. The Balaban J connectivity index is 1.61. The van der Waals surface area contributed by atoms with Gasteiger partial charge in [0.05, 0.1) is 13.7 Å². The number of aryl methyl sites for hydroxylation is 1. The van der Waals surface area contributed by atoms with Crippen molar-refractivity contribution in [3.63, 3.8) is 0 Å². The van der Waals surface area contributed by atoms with E-state index < -0.39 is 0 Å². The molecule has 2 unspecified atom stereocenters. The van der Waals surface area contributed by atoms with Gasteiger partial charge in [0.1, 0.15) is 5.75 Å². The molecule has 0 saturated carbocycles. The predicted molar refractivity (Wildman–Crippen MR) is 141 cm³/mol. The van der Waals surface area contributed by atoms with Gasteiger partial charge in [-0.25, -0.2) is 0 Å². The summed E-state index contributed by atoms with van der Waals surface area (Å²) in [6, 6.07) is 22.9. The molecular weight excluding hydrogens is 436 g/mol. The molecule has 4 nitrogen and oxygen atoms in total. The van der Waals surface area contributed by atoms with Crippen LogP contribution in [0.4, 0.5) is 0 Å². The van der Waals surface area contributed by atoms with Crippen molar-refractivity contribution < 1.29 is 19.3 Å². The maximum atomic E-state index is 11.4. The second kappa shape index (κ2) is 12.6. The number of hydrogen-bond acceptors (Lipinski definition) is 4. The molecule has 186 valence electrons. The van der Waals surface area contributed by atoms with Crippen molar-refractivity contribution in [1.82, 2.24) is 0 Å². The van der Waals surface area contributed by atoms with Crippen molar-refractivity contribution in [2.24, 2.45) is 0 Å². The smallest absolute Gasteiger partial charge is 0.161 e. The molecule has 0 bridgehead atoms. The number of phenols is 1. The lowest BCUT2D eigenvalue weighted by Crippen LogP contribution is -2.19. The molecule has 0 radical (unpaired) electrons. The molecule has 0 amide bonds. The van der Waals surface area contributed by atoms with Crippen LogP contribution in [0.25, 0.3) is 0 Å². The number of para-hydroxylation sites is 1. The molecule has 35 heavy (non-hydrogen) atoms. The maximum absolute atomic E-state index is 11.4. The standard InChI is InChI=1S/C31H38O4/c1-3-4-20-34-21-9-22-35-29-15-8-14-28(31(29)32)30(24-16-18-25(33-2)19-17-24)27-13-7-11-23-10-5-6-12-26(23)27/h5-6,8,10,12,14-19,27,30,32H,3-4,7,9,11,13,20-22H2,1-2H3. The summed E-state index contributed by atoms with van der Waals surface area (Å²) in [4.78, 5) is 0. The Hall–Kier alpha value is -2.98. The van der Waals surface area contributed by atoms with Crippen LogP contribution < -0.4 is 9.47 Å². The number of phenolic OH excluding ortho intramolecular Hbond substituents is 1. The third-order valence-corrected chi connectivity index (χ3v) is 6.99. The first-order valence-electron chi connectivity index (χ1n) is 13.0. The van der Waals surface area contributed by atoms with Gasteiger partial charge in [-0.3, -0.25) is 0 Å². The van der Waals surface area contributed by atoms with Crippen LogP contribution in [0.15, 0.2) is 66.7 Å². The van der Waals surface area contributed by atoms with E-state index in [1.54, 1.807) is 7.11 Å². The quantitative estimate of drug-likeness (QED) is 0.281. The molecule has 1 aliphatic rings. The van der Waals surface area contributed by atoms with E-state index in [9.17, 15) is 5.11 Å². The number of methoxy groups -OCH3 is 1. The lowest BCUT2D eigenvalue weighted by Gasteiger charge is -2.34. The Labute approximate surface area is 209 Å². The number of aromatic hydroxyl groups is 1. The summed E-state index contributed by atoms with van der Waals surface area (Å²) in [5.41, 5.74) is 4.88. The van der Waals surface area contributed by atoms with Gasteiger partial charge in [0.15, 0.2) is 11.5 Å². The molecule has 0 spiro atoms. The Morgan fingerprint density at radius 1 is 0.914 bits per heavy atom. The van der Waals surface area contributed by atoms with Crippen LogP contribution in [-0.2, 0) is 11.2 Å². The Kier molecular flexibility index (Phi) is 9.08.